The molecule has 1 heterocycles. The van der Waals surface area contributed by atoms with Gasteiger partial charge in [0.15, 0.2) is 0 Å². The van der Waals surface area contributed by atoms with E-state index in [2.05, 4.69) is 17.4 Å². The van der Waals surface area contributed by atoms with Gasteiger partial charge in [-0.15, -0.1) is 0 Å². The average Bonchev–Trinajstić information content (AvgIpc) is 2.98. The quantitative estimate of drug-likeness (QED) is 0.245. The van der Waals surface area contributed by atoms with Crippen molar-refractivity contribution in [2.45, 2.75) is 56.7 Å². The number of hydrogen-bond donors (Lipinski definition) is 3. The SMILES string of the molecule is C=C/C=C\C=C(/C)CONC(=O)[C@@H]1c2ccccc2C(=O)N([C@H]2CCCC[C@@H]2NC(=O)CO)[C@H]1c1ccc(Cl)cc1Cl. The van der Waals surface area contributed by atoms with Crippen molar-refractivity contribution in [2.75, 3.05) is 13.2 Å². The fourth-order valence-electron chi connectivity index (χ4n) is 5.77. The Balaban J connectivity index is 1.79. The molecule has 0 saturated heterocycles. The molecule has 4 atom stereocenters. The molecular formula is C32H35Cl2N3O5. The molecule has 0 bridgehead atoms. The van der Waals surface area contributed by atoms with Crippen LogP contribution in [0.5, 0.6) is 0 Å². The minimum absolute atomic E-state index is 0.147. The van der Waals surface area contributed by atoms with E-state index < -0.39 is 42.5 Å². The first kappa shape index (κ1) is 31.5. The molecule has 2 aromatic rings. The zero-order chi connectivity index (χ0) is 30.2. The third-order valence-electron chi connectivity index (χ3n) is 7.62. The third kappa shape index (κ3) is 7.13. The van der Waals surface area contributed by atoms with E-state index in [0.29, 0.717) is 39.6 Å². The van der Waals surface area contributed by atoms with E-state index in [4.69, 9.17) is 28.0 Å². The summed E-state index contributed by atoms with van der Waals surface area (Å²) < 4.78 is 0. The van der Waals surface area contributed by atoms with E-state index >= 15 is 0 Å². The number of carbonyl (C=O) groups is 3. The van der Waals surface area contributed by atoms with Gasteiger partial charge >= 0.3 is 0 Å². The minimum Gasteiger partial charge on any atom is -0.387 e. The largest absolute Gasteiger partial charge is 0.387 e. The van der Waals surface area contributed by atoms with Crippen LogP contribution in [0.2, 0.25) is 10.0 Å². The summed E-state index contributed by atoms with van der Waals surface area (Å²) in [6.45, 7) is 5.00. The predicted molar refractivity (Wildman–Crippen MR) is 163 cm³/mol. The highest BCUT2D eigenvalue weighted by Gasteiger charge is 2.49. The maximum atomic E-state index is 14.3. The van der Waals surface area contributed by atoms with Gasteiger partial charge in [0.25, 0.3) is 11.8 Å². The van der Waals surface area contributed by atoms with Crippen LogP contribution < -0.4 is 10.8 Å². The number of benzene rings is 2. The highest BCUT2D eigenvalue weighted by Crippen LogP contribution is 2.47. The Morgan fingerprint density at radius 2 is 1.88 bits per heavy atom. The summed E-state index contributed by atoms with van der Waals surface area (Å²) in [6.07, 6.45) is 10.0. The lowest BCUT2D eigenvalue weighted by Gasteiger charge is -2.49. The number of hydroxylamine groups is 1. The lowest BCUT2D eigenvalue weighted by Crippen LogP contribution is -2.59. The molecule has 42 heavy (non-hydrogen) atoms. The van der Waals surface area contributed by atoms with Crippen LogP contribution >= 0.6 is 23.2 Å². The molecule has 2 aliphatic rings. The Kier molecular flexibility index (Phi) is 11.0. The maximum Gasteiger partial charge on any atom is 0.255 e. The number of hydrogen-bond acceptors (Lipinski definition) is 5. The van der Waals surface area contributed by atoms with Gasteiger partial charge in [-0.2, -0.15) is 0 Å². The number of rotatable bonds is 10. The number of aliphatic hydroxyl groups excluding tert-OH is 1. The maximum absolute atomic E-state index is 14.3. The summed E-state index contributed by atoms with van der Waals surface area (Å²) in [6, 6.07) is 10.3. The smallest absolute Gasteiger partial charge is 0.255 e. The van der Waals surface area contributed by atoms with Crippen LogP contribution in [-0.4, -0.2) is 53.0 Å². The van der Waals surface area contributed by atoms with Crippen LogP contribution in [0, 0.1) is 0 Å². The summed E-state index contributed by atoms with van der Waals surface area (Å²) in [5.41, 5.74) is 4.96. The molecule has 3 N–H and O–H groups in total. The number of halogens is 2. The van der Waals surface area contributed by atoms with Crippen LogP contribution in [0.3, 0.4) is 0 Å². The Morgan fingerprint density at radius 3 is 2.62 bits per heavy atom. The van der Waals surface area contributed by atoms with Crippen molar-refractivity contribution in [1.29, 1.82) is 0 Å². The predicted octanol–water partition coefficient (Wildman–Crippen LogP) is 5.43. The van der Waals surface area contributed by atoms with Crippen molar-refractivity contribution in [3.8, 4) is 0 Å². The number of nitrogens with one attached hydrogen (secondary N) is 2. The Hall–Kier alpha value is -3.43. The molecule has 2 aromatic carbocycles. The topological polar surface area (TPSA) is 108 Å². The first-order chi connectivity index (χ1) is 20.3. The number of carbonyl (C=O) groups excluding carboxylic acids is 3. The van der Waals surface area contributed by atoms with Crippen LogP contribution in [0.15, 0.2) is 78.9 Å². The zero-order valence-electron chi connectivity index (χ0n) is 23.4. The average molecular weight is 613 g/mol. The lowest BCUT2D eigenvalue weighted by atomic mass is 9.76. The monoisotopic (exact) mass is 611 g/mol. The van der Waals surface area contributed by atoms with Gasteiger partial charge in [0, 0.05) is 21.7 Å². The number of aliphatic hydroxyl groups is 1. The normalized spacial score (nSPS) is 22.5. The highest BCUT2D eigenvalue weighted by molar-refractivity contribution is 6.35. The van der Waals surface area contributed by atoms with Crippen molar-refractivity contribution in [1.82, 2.24) is 15.7 Å². The van der Waals surface area contributed by atoms with Crippen LogP contribution in [0.25, 0.3) is 0 Å². The van der Waals surface area contributed by atoms with Gasteiger partial charge in [-0.3, -0.25) is 19.2 Å². The van der Waals surface area contributed by atoms with Crippen LogP contribution in [0.4, 0.5) is 0 Å². The summed E-state index contributed by atoms with van der Waals surface area (Å²) in [4.78, 5) is 47.9. The molecule has 4 rings (SSSR count). The summed E-state index contributed by atoms with van der Waals surface area (Å²) >= 11 is 13.0. The molecule has 0 unspecified atom stereocenters. The second-order valence-electron chi connectivity index (χ2n) is 10.5. The second-order valence-corrected chi connectivity index (χ2v) is 11.3. The third-order valence-corrected chi connectivity index (χ3v) is 8.18. The molecule has 222 valence electrons. The summed E-state index contributed by atoms with van der Waals surface area (Å²) in [5, 5.41) is 13.0. The summed E-state index contributed by atoms with van der Waals surface area (Å²) in [5.74, 6) is -2.13. The van der Waals surface area contributed by atoms with E-state index in [0.717, 1.165) is 18.4 Å². The van der Waals surface area contributed by atoms with Gasteiger partial charge < -0.3 is 15.3 Å². The molecule has 0 spiro atoms. The van der Waals surface area contributed by atoms with E-state index in [1.54, 1.807) is 59.5 Å². The molecule has 0 aromatic heterocycles. The standard InChI is InChI=1S/C32H35Cl2N3O5/c1-3-4-5-10-20(2)19-42-36-31(40)29-22-11-6-7-12-23(22)32(41)37(30(29)24-16-15-21(33)17-25(24)34)27-14-9-8-13-26(27)35-28(39)18-38/h3-7,10-12,15-17,26-27,29-30,38H,1,8-9,13-14,18-19H2,2H3,(H,35,39)(H,36,40)/b5-4-,20-10+/t26-,27-,29+,30-/m0/s1. The van der Waals surface area contributed by atoms with Gasteiger partial charge in [-0.1, -0.05) is 91.2 Å². The molecule has 10 heteroatoms. The van der Waals surface area contributed by atoms with Crippen LogP contribution in [-0.2, 0) is 14.4 Å². The molecule has 8 nitrogen and oxygen atoms in total. The number of fused-ring (bicyclic) bond motifs is 1. The van der Waals surface area contributed by atoms with E-state index in [1.165, 1.54) is 0 Å². The van der Waals surface area contributed by atoms with Gasteiger partial charge in [0.05, 0.1) is 24.6 Å². The van der Waals surface area contributed by atoms with Crippen molar-refractivity contribution < 1.29 is 24.3 Å². The molecule has 1 saturated carbocycles. The Bertz CT molecular complexity index is 1390. The fraction of sp³-hybridized carbons (Fsp3) is 0.344. The van der Waals surface area contributed by atoms with E-state index in [-0.39, 0.29) is 12.5 Å². The number of amides is 3. The zero-order valence-corrected chi connectivity index (χ0v) is 24.9. The van der Waals surface area contributed by atoms with Gasteiger partial charge in [-0.25, -0.2) is 5.48 Å². The van der Waals surface area contributed by atoms with Crippen LogP contribution in [0.1, 0.15) is 66.1 Å². The molecular weight excluding hydrogens is 577 g/mol. The van der Waals surface area contributed by atoms with Gasteiger partial charge in [0.1, 0.15) is 6.61 Å². The molecule has 1 aliphatic carbocycles. The molecule has 1 aliphatic heterocycles. The minimum atomic E-state index is -0.890. The molecule has 1 fully saturated rings. The Labute approximate surface area is 256 Å². The lowest BCUT2D eigenvalue weighted by molar-refractivity contribution is -0.136. The summed E-state index contributed by atoms with van der Waals surface area (Å²) in [7, 11) is 0. The fourth-order valence-corrected chi connectivity index (χ4v) is 6.29. The van der Waals surface area contributed by atoms with Crippen molar-refractivity contribution >= 4 is 40.9 Å². The van der Waals surface area contributed by atoms with E-state index in [1.807, 2.05) is 19.1 Å². The Morgan fingerprint density at radius 1 is 1.12 bits per heavy atom. The number of allylic oxidation sites excluding steroid dienone is 4. The number of nitrogens with zero attached hydrogens (tertiary/aromatic N) is 1. The van der Waals surface area contributed by atoms with Gasteiger partial charge in [-0.05, 0) is 54.7 Å². The van der Waals surface area contributed by atoms with Crippen molar-refractivity contribution in [3.63, 3.8) is 0 Å². The molecule has 0 radical (unpaired) electrons. The van der Waals surface area contributed by atoms with Crippen molar-refractivity contribution in [2.24, 2.45) is 0 Å². The molecule has 3 amide bonds. The van der Waals surface area contributed by atoms with Gasteiger partial charge in [0.2, 0.25) is 5.91 Å². The first-order valence-corrected chi connectivity index (χ1v) is 14.7. The second kappa shape index (κ2) is 14.6. The van der Waals surface area contributed by atoms with Crippen molar-refractivity contribution in [3.05, 3.63) is 106 Å². The van der Waals surface area contributed by atoms with E-state index in [9.17, 15) is 19.5 Å². The first-order valence-electron chi connectivity index (χ1n) is 13.9. The highest BCUT2D eigenvalue weighted by atomic mass is 35.5.